The Kier molecular flexibility index (Phi) is 70.1. The summed E-state index contributed by atoms with van der Waals surface area (Å²) < 4.78 is 68.5. The second-order valence-corrected chi connectivity index (χ2v) is 28.1. The molecule has 0 saturated heterocycles. The van der Waals surface area contributed by atoms with Crippen LogP contribution >= 0.6 is 15.6 Å². The van der Waals surface area contributed by atoms with Gasteiger partial charge in [-0.25, -0.2) is 9.13 Å². The zero-order valence-corrected chi connectivity index (χ0v) is 65.0. The summed E-state index contributed by atoms with van der Waals surface area (Å²) in [6.07, 6.45) is 85.2. The molecular weight excluding hydrogens is 1330 g/mol. The molecule has 0 aliphatic heterocycles. The number of rotatable bonds is 71. The van der Waals surface area contributed by atoms with Gasteiger partial charge < -0.3 is 33.8 Å². The van der Waals surface area contributed by atoms with E-state index in [4.69, 9.17) is 37.0 Å². The average molecular weight is 1470 g/mol. The second-order valence-electron chi connectivity index (χ2n) is 25.2. The molecule has 0 aromatic carbocycles. The fourth-order valence-electron chi connectivity index (χ4n) is 9.61. The van der Waals surface area contributed by atoms with Gasteiger partial charge in [0.05, 0.1) is 26.4 Å². The van der Waals surface area contributed by atoms with E-state index < -0.39 is 97.5 Å². The van der Waals surface area contributed by atoms with Gasteiger partial charge >= 0.3 is 39.5 Å². The highest BCUT2D eigenvalue weighted by Crippen LogP contribution is 2.45. The van der Waals surface area contributed by atoms with Crippen molar-refractivity contribution in [3.05, 3.63) is 158 Å². The van der Waals surface area contributed by atoms with Crippen LogP contribution in [0.25, 0.3) is 0 Å². The molecule has 0 bridgehead atoms. The van der Waals surface area contributed by atoms with Gasteiger partial charge in [0.1, 0.15) is 19.3 Å². The summed E-state index contributed by atoms with van der Waals surface area (Å²) in [4.78, 5) is 72.9. The number of phosphoric acid groups is 2. The molecule has 0 saturated carbocycles. The minimum absolute atomic E-state index is 0.0531. The maximum atomic E-state index is 13.1. The zero-order chi connectivity index (χ0) is 74.6. The van der Waals surface area contributed by atoms with E-state index in [0.29, 0.717) is 25.7 Å². The Morgan fingerprint density at radius 1 is 0.284 bits per heavy atom. The molecule has 0 heterocycles. The van der Waals surface area contributed by atoms with Crippen molar-refractivity contribution in [2.45, 2.75) is 303 Å². The number of aliphatic hydroxyl groups excluding tert-OH is 1. The highest BCUT2D eigenvalue weighted by atomic mass is 31.2. The first-order valence-corrected chi connectivity index (χ1v) is 41.7. The van der Waals surface area contributed by atoms with Gasteiger partial charge in [-0.05, 0) is 161 Å². The monoisotopic (exact) mass is 1470 g/mol. The van der Waals surface area contributed by atoms with E-state index in [2.05, 4.69) is 186 Å². The topological polar surface area (TPSA) is 237 Å². The molecule has 0 aliphatic carbocycles. The van der Waals surface area contributed by atoms with E-state index in [-0.39, 0.29) is 25.7 Å². The van der Waals surface area contributed by atoms with Crippen molar-refractivity contribution >= 4 is 39.5 Å². The summed E-state index contributed by atoms with van der Waals surface area (Å²) in [6, 6.07) is 0. The van der Waals surface area contributed by atoms with Crippen LogP contribution in [0.1, 0.15) is 285 Å². The number of carbonyl (C=O) groups is 4. The molecule has 102 heavy (non-hydrogen) atoms. The lowest BCUT2D eigenvalue weighted by atomic mass is 10.1. The Morgan fingerprint density at radius 2 is 0.510 bits per heavy atom. The largest absolute Gasteiger partial charge is 0.472 e. The Bertz CT molecular complexity index is 2550. The number of aliphatic hydroxyl groups is 1. The van der Waals surface area contributed by atoms with Gasteiger partial charge in [-0.15, -0.1) is 0 Å². The lowest BCUT2D eigenvalue weighted by Gasteiger charge is -2.21. The normalized spacial score (nSPS) is 14.8. The van der Waals surface area contributed by atoms with E-state index >= 15 is 0 Å². The average Bonchev–Trinajstić information content (AvgIpc) is 0.923. The molecule has 5 unspecified atom stereocenters. The molecule has 5 atom stereocenters. The molecule has 0 aliphatic rings. The number of carbonyl (C=O) groups excluding carboxylic acids is 4. The number of esters is 4. The Labute approximate surface area is 617 Å². The summed E-state index contributed by atoms with van der Waals surface area (Å²) in [5, 5.41) is 10.6. The fraction of sp³-hybridized carbons (Fsp3) is 0.639. The van der Waals surface area contributed by atoms with Crippen LogP contribution in [0, 0.1) is 0 Å². The van der Waals surface area contributed by atoms with Gasteiger partial charge in [0.25, 0.3) is 0 Å². The van der Waals surface area contributed by atoms with Crippen molar-refractivity contribution in [2.75, 3.05) is 39.6 Å². The maximum Gasteiger partial charge on any atom is 0.472 e. The van der Waals surface area contributed by atoms with Gasteiger partial charge in [0.15, 0.2) is 12.2 Å². The molecule has 0 aromatic rings. The number of phosphoric ester groups is 2. The summed E-state index contributed by atoms with van der Waals surface area (Å²) in [5.74, 6) is -2.28. The number of allylic oxidation sites excluding steroid dienone is 26. The first kappa shape index (κ1) is 96.7. The molecule has 0 radical (unpaired) electrons. The number of hydrogen-bond donors (Lipinski definition) is 3. The van der Waals surface area contributed by atoms with Crippen LogP contribution in [-0.4, -0.2) is 96.7 Å². The Balaban J connectivity index is 5.44. The van der Waals surface area contributed by atoms with E-state index in [1.807, 2.05) is 0 Å². The second kappa shape index (κ2) is 74.0. The quantitative estimate of drug-likeness (QED) is 0.0169. The van der Waals surface area contributed by atoms with Gasteiger partial charge in [0, 0.05) is 25.7 Å². The van der Waals surface area contributed by atoms with Crippen LogP contribution in [0.15, 0.2) is 158 Å². The SMILES string of the molecule is CC/C=C\C/C=C\C/C=C\C/C=C\C/C=C\CCCCCC(=O)OCC(COP(=O)(O)OCC(O)COP(=O)(O)OCC(COC(=O)CCCCCCC/C=C\C/C=C\CCC)OC(=O)CCCCCCC/C=C\C/C=C\CCC)OC(=O)CCCCCC/C=C\C/C=C\C/C=C\C/C=C\CC. The first-order chi connectivity index (χ1) is 49.7. The van der Waals surface area contributed by atoms with Crippen molar-refractivity contribution in [3.8, 4) is 0 Å². The molecule has 0 rings (SSSR count). The van der Waals surface area contributed by atoms with E-state index in [1.54, 1.807) is 0 Å². The molecule has 0 aromatic heterocycles. The van der Waals surface area contributed by atoms with Crippen LogP contribution in [0.5, 0.6) is 0 Å². The minimum Gasteiger partial charge on any atom is -0.462 e. The smallest absolute Gasteiger partial charge is 0.462 e. The van der Waals surface area contributed by atoms with Crippen LogP contribution in [0.2, 0.25) is 0 Å². The lowest BCUT2D eigenvalue weighted by molar-refractivity contribution is -0.161. The van der Waals surface area contributed by atoms with E-state index in [0.717, 1.165) is 205 Å². The van der Waals surface area contributed by atoms with Crippen LogP contribution in [-0.2, 0) is 65.4 Å². The molecule has 580 valence electrons. The maximum absolute atomic E-state index is 13.1. The lowest BCUT2D eigenvalue weighted by Crippen LogP contribution is -2.30. The van der Waals surface area contributed by atoms with Gasteiger partial charge in [-0.2, -0.15) is 0 Å². The van der Waals surface area contributed by atoms with Gasteiger partial charge in [-0.3, -0.25) is 37.3 Å². The third-order valence-corrected chi connectivity index (χ3v) is 17.3. The van der Waals surface area contributed by atoms with Crippen LogP contribution < -0.4 is 0 Å². The molecule has 0 amide bonds. The van der Waals surface area contributed by atoms with Crippen LogP contribution in [0.3, 0.4) is 0 Å². The summed E-state index contributed by atoms with van der Waals surface area (Å²) >= 11 is 0. The predicted molar refractivity (Wildman–Crippen MR) is 417 cm³/mol. The van der Waals surface area contributed by atoms with Crippen molar-refractivity contribution in [1.82, 2.24) is 0 Å². The number of ether oxygens (including phenoxy) is 4. The van der Waals surface area contributed by atoms with Crippen LogP contribution in [0.4, 0.5) is 0 Å². The highest BCUT2D eigenvalue weighted by molar-refractivity contribution is 7.47. The van der Waals surface area contributed by atoms with Crippen molar-refractivity contribution < 1.29 is 80.2 Å². The number of hydrogen-bond acceptors (Lipinski definition) is 15. The highest BCUT2D eigenvalue weighted by Gasteiger charge is 2.30. The van der Waals surface area contributed by atoms with Crippen molar-refractivity contribution in [2.24, 2.45) is 0 Å². The molecule has 0 fully saturated rings. The molecule has 3 N–H and O–H groups in total. The summed E-state index contributed by atoms with van der Waals surface area (Å²) in [7, 11) is -9.99. The summed E-state index contributed by atoms with van der Waals surface area (Å²) in [5.41, 5.74) is 0. The molecular formula is C83H136O17P2. The number of unbranched alkanes of at least 4 members (excludes halogenated alkanes) is 19. The predicted octanol–water partition coefficient (Wildman–Crippen LogP) is 22.4. The van der Waals surface area contributed by atoms with Crippen molar-refractivity contribution in [1.29, 1.82) is 0 Å². The zero-order valence-electron chi connectivity index (χ0n) is 63.2. The van der Waals surface area contributed by atoms with Gasteiger partial charge in [0.2, 0.25) is 0 Å². The first-order valence-electron chi connectivity index (χ1n) is 38.7. The summed E-state index contributed by atoms with van der Waals surface area (Å²) in [6.45, 7) is 4.40. The third-order valence-electron chi connectivity index (χ3n) is 15.4. The van der Waals surface area contributed by atoms with E-state index in [9.17, 15) is 43.2 Å². The molecule has 17 nitrogen and oxygen atoms in total. The minimum atomic E-state index is -5.00. The third kappa shape index (κ3) is 73.0. The van der Waals surface area contributed by atoms with Gasteiger partial charge in [-0.1, -0.05) is 256 Å². The van der Waals surface area contributed by atoms with Crippen molar-refractivity contribution in [3.63, 3.8) is 0 Å². The molecule has 0 spiro atoms. The standard InChI is InChI=1S/C83H136O17P2/c1-5-9-13-17-21-25-29-33-35-37-38-40-41-45-48-52-56-60-64-68-81(86)94-74-79(100-83(88)70-66-62-58-54-50-46-42-39-36-34-30-26-22-18-14-10-6-2)76-98-102(91,92)96-72-77(84)71-95-101(89,90)97-75-78(99-82(87)69-65-61-57-53-49-44-32-28-24-20-16-12-8-4)73-93-80(85)67-63-59-55-51-47-43-31-27-23-19-15-11-7-3/h9-10,13-16,19-22,25-28,31-36,38,40,42,45-46,48,77-79,84H,5-8,11-12,17-18,23-24,29-30,37,39,41,43-44,47,49-76H2,1-4H3,(H,89,90)(H,91,92)/b13-9-,14-10-,19-15-,20-16-,25-21-,26-22-,31-27-,32-28-,35-33-,36-34-,40-38-,46-42-,48-45-. The molecule has 19 heteroatoms. The Hall–Kier alpha value is -5.32. The Morgan fingerprint density at radius 3 is 0.794 bits per heavy atom. The van der Waals surface area contributed by atoms with E-state index in [1.165, 1.54) is 0 Å². The fourth-order valence-corrected chi connectivity index (χ4v) is 11.2.